The van der Waals surface area contributed by atoms with Gasteiger partial charge >= 0.3 is 0 Å². The summed E-state index contributed by atoms with van der Waals surface area (Å²) < 4.78 is 0. The van der Waals surface area contributed by atoms with Crippen molar-refractivity contribution < 1.29 is 4.79 Å². The number of rotatable bonds is 3. The van der Waals surface area contributed by atoms with Crippen LogP contribution >= 0.6 is 24.8 Å². The second kappa shape index (κ2) is 8.00. The number of hydrogen-bond acceptors (Lipinski definition) is 3. The molecule has 0 aromatic heterocycles. The van der Waals surface area contributed by atoms with E-state index in [0.29, 0.717) is 6.04 Å². The minimum Gasteiger partial charge on any atom is -0.352 e. The molecule has 124 valence electrons. The zero-order valence-corrected chi connectivity index (χ0v) is 14.3. The fraction of sp³-hybridized carbons (Fsp3) is 0.933. The van der Waals surface area contributed by atoms with Crippen molar-refractivity contribution in [2.24, 2.45) is 5.73 Å². The molecular weight excluding hydrogens is 309 g/mol. The Morgan fingerprint density at radius 3 is 2.10 bits per heavy atom. The first kappa shape index (κ1) is 19.0. The lowest BCUT2D eigenvalue weighted by atomic mass is 9.81. The van der Waals surface area contributed by atoms with Crippen molar-refractivity contribution in [2.45, 2.75) is 75.4 Å². The predicted molar refractivity (Wildman–Crippen MR) is 90.3 cm³/mol. The molecule has 2 saturated carbocycles. The lowest BCUT2D eigenvalue weighted by Gasteiger charge is -2.36. The van der Waals surface area contributed by atoms with Crippen LogP contribution in [0.25, 0.3) is 0 Å². The number of carbonyl (C=O) groups is 1. The quantitative estimate of drug-likeness (QED) is 0.830. The molecule has 0 atom stereocenters. The highest BCUT2D eigenvalue weighted by molar-refractivity contribution is 5.86. The van der Waals surface area contributed by atoms with Crippen molar-refractivity contribution in [3.8, 4) is 0 Å². The van der Waals surface area contributed by atoms with Gasteiger partial charge in [-0.15, -0.1) is 24.8 Å². The Hall–Kier alpha value is -0.0300. The molecule has 1 amide bonds. The molecule has 21 heavy (non-hydrogen) atoms. The van der Waals surface area contributed by atoms with E-state index in [4.69, 9.17) is 5.73 Å². The molecule has 1 aliphatic heterocycles. The summed E-state index contributed by atoms with van der Waals surface area (Å²) >= 11 is 0. The number of nitrogens with two attached hydrogens (primary N) is 1. The highest BCUT2D eigenvalue weighted by Crippen LogP contribution is 2.30. The molecule has 6 heteroatoms. The van der Waals surface area contributed by atoms with Gasteiger partial charge in [-0.1, -0.05) is 19.3 Å². The van der Waals surface area contributed by atoms with Gasteiger partial charge in [0.1, 0.15) is 0 Å². The summed E-state index contributed by atoms with van der Waals surface area (Å²) in [4.78, 5) is 15.0. The highest BCUT2D eigenvalue weighted by Gasteiger charge is 2.37. The van der Waals surface area contributed by atoms with E-state index in [2.05, 4.69) is 10.2 Å². The van der Waals surface area contributed by atoms with Gasteiger partial charge in [0.2, 0.25) is 5.91 Å². The maximum absolute atomic E-state index is 12.4. The molecule has 1 heterocycles. The zero-order valence-electron chi connectivity index (χ0n) is 12.7. The van der Waals surface area contributed by atoms with Crippen LogP contribution in [0.1, 0.15) is 57.8 Å². The number of carbonyl (C=O) groups excluding carboxylic acids is 1. The van der Waals surface area contributed by atoms with E-state index in [1.165, 1.54) is 19.3 Å². The summed E-state index contributed by atoms with van der Waals surface area (Å²) in [5, 5.41) is 3.22. The number of hydrogen-bond donors (Lipinski definition) is 2. The summed E-state index contributed by atoms with van der Waals surface area (Å²) in [5.41, 5.74) is 5.71. The van der Waals surface area contributed by atoms with Crippen LogP contribution < -0.4 is 11.1 Å². The van der Waals surface area contributed by atoms with E-state index in [0.717, 1.165) is 57.7 Å². The minimum absolute atomic E-state index is 0. The fourth-order valence-electron chi connectivity index (χ4n) is 3.59. The number of amides is 1. The van der Waals surface area contributed by atoms with Crippen molar-refractivity contribution in [1.29, 1.82) is 0 Å². The first-order chi connectivity index (χ1) is 9.17. The molecule has 0 aromatic carbocycles. The van der Waals surface area contributed by atoms with E-state index in [1.54, 1.807) is 0 Å². The monoisotopic (exact) mass is 337 g/mol. The maximum Gasteiger partial charge on any atom is 0.240 e. The largest absolute Gasteiger partial charge is 0.352 e. The first-order valence-electron chi connectivity index (χ1n) is 8.01. The van der Waals surface area contributed by atoms with Gasteiger partial charge in [-0.25, -0.2) is 0 Å². The molecule has 0 aromatic rings. The van der Waals surface area contributed by atoms with Crippen LogP contribution in [-0.2, 0) is 4.79 Å². The smallest absolute Gasteiger partial charge is 0.240 e. The van der Waals surface area contributed by atoms with Crippen LogP contribution in [0.5, 0.6) is 0 Å². The molecular formula is C15H29Cl2N3O. The molecule has 0 spiro atoms. The molecule has 3 N–H and O–H groups in total. The van der Waals surface area contributed by atoms with E-state index in [9.17, 15) is 4.79 Å². The Bertz CT molecular complexity index is 336. The van der Waals surface area contributed by atoms with Crippen molar-refractivity contribution in [3.05, 3.63) is 0 Å². The second-order valence-corrected chi connectivity index (χ2v) is 6.73. The van der Waals surface area contributed by atoms with Crippen LogP contribution in [0.4, 0.5) is 0 Å². The molecule has 0 unspecified atom stereocenters. The SMILES string of the molecule is Cl.Cl.NC1(C(=O)NC2CCN(C3CC3)CC2)CCCCC1. The van der Waals surface area contributed by atoms with Crippen LogP contribution in [0.3, 0.4) is 0 Å². The Morgan fingerprint density at radius 2 is 1.57 bits per heavy atom. The number of nitrogens with one attached hydrogen (secondary N) is 1. The molecule has 1 saturated heterocycles. The molecule has 4 nitrogen and oxygen atoms in total. The topological polar surface area (TPSA) is 58.4 Å². The normalized spacial score (nSPS) is 26.3. The summed E-state index contributed by atoms with van der Waals surface area (Å²) in [5.74, 6) is 0.108. The van der Waals surface area contributed by atoms with E-state index >= 15 is 0 Å². The molecule has 0 bridgehead atoms. The Morgan fingerprint density at radius 1 is 1.00 bits per heavy atom. The number of halogens is 2. The van der Waals surface area contributed by atoms with Gasteiger partial charge in [0, 0.05) is 25.2 Å². The van der Waals surface area contributed by atoms with Gasteiger partial charge in [-0.2, -0.15) is 0 Å². The molecule has 0 radical (unpaired) electrons. The van der Waals surface area contributed by atoms with Crippen molar-refractivity contribution in [2.75, 3.05) is 13.1 Å². The second-order valence-electron chi connectivity index (χ2n) is 6.73. The third-order valence-corrected chi connectivity index (χ3v) is 5.13. The summed E-state index contributed by atoms with van der Waals surface area (Å²) in [6.07, 6.45) is 10.1. The van der Waals surface area contributed by atoms with E-state index < -0.39 is 5.54 Å². The average molecular weight is 338 g/mol. The van der Waals surface area contributed by atoms with Gasteiger partial charge in [0.25, 0.3) is 0 Å². The average Bonchev–Trinajstić information content (AvgIpc) is 3.25. The third kappa shape index (κ3) is 4.72. The van der Waals surface area contributed by atoms with Crippen LogP contribution in [0.15, 0.2) is 0 Å². The standard InChI is InChI=1S/C15H27N3O.2ClH/c16-15(8-2-1-3-9-15)14(19)17-12-6-10-18(11-7-12)13-4-5-13;;/h12-13H,1-11,16H2,(H,17,19);2*1H. The van der Waals surface area contributed by atoms with Crippen LogP contribution in [-0.4, -0.2) is 41.5 Å². The fourth-order valence-corrected chi connectivity index (χ4v) is 3.59. The van der Waals surface area contributed by atoms with Gasteiger partial charge in [0.05, 0.1) is 5.54 Å². The number of likely N-dealkylation sites (tertiary alicyclic amines) is 1. The van der Waals surface area contributed by atoms with E-state index in [-0.39, 0.29) is 30.7 Å². The predicted octanol–water partition coefficient (Wildman–Crippen LogP) is 2.23. The highest BCUT2D eigenvalue weighted by atomic mass is 35.5. The van der Waals surface area contributed by atoms with Gasteiger partial charge in [-0.3, -0.25) is 4.79 Å². The van der Waals surface area contributed by atoms with Crippen LogP contribution in [0.2, 0.25) is 0 Å². The van der Waals surface area contributed by atoms with Gasteiger partial charge < -0.3 is 16.0 Å². The summed E-state index contributed by atoms with van der Waals surface area (Å²) in [6, 6.07) is 1.21. The summed E-state index contributed by atoms with van der Waals surface area (Å²) in [6.45, 7) is 2.29. The molecule has 3 fully saturated rings. The number of piperidine rings is 1. The van der Waals surface area contributed by atoms with Crippen molar-refractivity contribution in [3.63, 3.8) is 0 Å². The first-order valence-corrected chi connectivity index (χ1v) is 8.01. The lowest BCUT2D eigenvalue weighted by Crippen LogP contribution is -2.58. The summed E-state index contributed by atoms with van der Waals surface area (Å²) in [7, 11) is 0. The van der Waals surface area contributed by atoms with Crippen molar-refractivity contribution >= 4 is 30.7 Å². The number of nitrogens with zero attached hydrogens (tertiary/aromatic N) is 1. The Kier molecular flexibility index (Phi) is 7.25. The molecule has 3 aliphatic rings. The maximum atomic E-state index is 12.4. The zero-order chi connectivity index (χ0) is 13.3. The third-order valence-electron chi connectivity index (χ3n) is 5.13. The molecule has 2 aliphatic carbocycles. The molecule has 3 rings (SSSR count). The van der Waals surface area contributed by atoms with Gasteiger partial charge in [0.15, 0.2) is 0 Å². The Balaban J connectivity index is 0.00000110. The van der Waals surface area contributed by atoms with E-state index in [1.807, 2.05) is 0 Å². The van der Waals surface area contributed by atoms with Crippen LogP contribution in [0, 0.1) is 0 Å². The van der Waals surface area contributed by atoms with Gasteiger partial charge in [-0.05, 0) is 38.5 Å². The lowest BCUT2D eigenvalue weighted by molar-refractivity contribution is -0.128. The van der Waals surface area contributed by atoms with Crippen molar-refractivity contribution in [1.82, 2.24) is 10.2 Å². The Labute approximate surface area is 140 Å². The minimum atomic E-state index is -0.578.